The molecule has 0 radical (unpaired) electrons. The van der Waals surface area contributed by atoms with Crippen LogP contribution in [0.15, 0.2) is 163 Å². The summed E-state index contributed by atoms with van der Waals surface area (Å²) in [5.41, 5.74) is 11.9. The maximum Gasteiger partial charge on any atom is 0.224 e. The van der Waals surface area contributed by atoms with Gasteiger partial charge in [-0.1, -0.05) is 72.0 Å². The molecule has 776 valence electrons. The zero-order valence-corrected chi connectivity index (χ0v) is 90.9. The van der Waals surface area contributed by atoms with E-state index in [9.17, 15) is 38.5 Å². The predicted molar refractivity (Wildman–Crippen MR) is 586 cm³/mol. The fourth-order valence-corrected chi connectivity index (χ4v) is 34.2. The number of nitrogens with one attached hydrogen (secondary N) is 1. The molecule has 8 fully saturated rings. The maximum absolute atomic E-state index is 13.6. The summed E-state index contributed by atoms with van der Waals surface area (Å²) in [6, 6.07) is 44.5. The van der Waals surface area contributed by atoms with E-state index in [-0.39, 0.29) is 67.4 Å². The Kier molecular flexibility index (Phi) is 33.1. The topological polar surface area (TPSA) is 383 Å². The first-order valence-corrected chi connectivity index (χ1v) is 60.5. The normalized spacial score (nSPS) is 19.0. The van der Waals surface area contributed by atoms with Gasteiger partial charge in [-0.3, -0.25) is 4.79 Å². The van der Waals surface area contributed by atoms with Crippen molar-refractivity contribution in [2.75, 3.05) is 225 Å². The van der Waals surface area contributed by atoms with Crippen LogP contribution in [-0.2, 0) is 63.1 Å². The highest BCUT2D eigenvalue weighted by Gasteiger charge is 2.38. The quantitative estimate of drug-likeness (QED) is 0.0581. The van der Waals surface area contributed by atoms with Crippen molar-refractivity contribution in [3.63, 3.8) is 0 Å². The third-order valence-corrected chi connectivity index (χ3v) is 42.8. The van der Waals surface area contributed by atoms with Gasteiger partial charge < -0.3 is 63.5 Å². The summed E-state index contributed by atoms with van der Waals surface area (Å²) in [5.74, 6) is 3.31. The van der Waals surface area contributed by atoms with Crippen LogP contribution in [0.5, 0.6) is 0 Å². The molecule has 4 unspecified atom stereocenters. The number of ether oxygens (including phenoxy) is 4. The van der Waals surface area contributed by atoms with E-state index in [0.29, 0.717) is 93.1 Å². The van der Waals surface area contributed by atoms with Gasteiger partial charge in [-0.15, -0.1) is 34.0 Å². The van der Waals surface area contributed by atoms with E-state index in [4.69, 9.17) is 42.1 Å². The van der Waals surface area contributed by atoms with Crippen LogP contribution in [0.4, 0.5) is 51.2 Å². The Balaban J connectivity index is 0.000000124. The predicted octanol–water partition coefficient (Wildman–Crippen LogP) is 16.6. The minimum atomic E-state index is -3.54. The number of amides is 1. The van der Waals surface area contributed by atoms with E-state index in [1.807, 2.05) is 67.6 Å². The number of rotatable bonds is 23. The fourth-order valence-electron chi connectivity index (χ4n) is 20.8. The number of carbonyl (C=O) groups excluding carboxylic acids is 1. The van der Waals surface area contributed by atoms with Gasteiger partial charge >= 0.3 is 0 Å². The lowest BCUT2D eigenvalue weighted by Gasteiger charge is -2.34. The molecule has 22 rings (SSSR count). The number of aryl methyl sites for hydroxylation is 5. The lowest BCUT2D eigenvalue weighted by Crippen LogP contribution is -2.39. The molecule has 16 heterocycles. The molecule has 8 saturated heterocycles. The Hall–Kier alpha value is -10.7. The Morgan fingerprint density at radius 1 is 0.340 bits per heavy atom. The smallest absolute Gasteiger partial charge is 0.224 e. The molecular weight excluding hydrogens is 2070 g/mol. The van der Waals surface area contributed by atoms with Crippen molar-refractivity contribution < 1.29 is 57.4 Å². The molecule has 8 aliphatic heterocycles. The minimum Gasteiger partial charge on any atom is -0.378 e. The Labute approximate surface area is 882 Å². The van der Waals surface area contributed by atoms with Gasteiger partial charge in [-0.2, -0.15) is 9.97 Å². The molecule has 8 aromatic heterocycles. The Morgan fingerprint density at radius 2 is 0.639 bits per heavy atom. The summed E-state index contributed by atoms with van der Waals surface area (Å²) < 4.78 is 130. The van der Waals surface area contributed by atoms with Crippen LogP contribution in [0, 0.1) is 58.3 Å². The number of hydrogen-bond acceptors (Lipinski definition) is 37. The molecule has 0 bridgehead atoms. The van der Waals surface area contributed by atoms with E-state index < -0.39 is 39.3 Å². The molecule has 1 amide bonds. The zero-order valence-electron chi connectivity index (χ0n) is 82.9. The monoisotopic (exact) mass is 2180 g/mol. The number of nitrogens with zero attached hydrogens (tertiary/aromatic N) is 20. The number of carbonyl (C=O) groups is 1. The number of anilines is 9. The van der Waals surface area contributed by atoms with Crippen molar-refractivity contribution in [1.82, 2.24) is 59.8 Å². The van der Waals surface area contributed by atoms with Crippen LogP contribution in [-0.4, -0.2) is 280 Å². The summed E-state index contributed by atoms with van der Waals surface area (Å²) in [5, 5.41) is 9.37. The first-order valence-electron chi connectivity index (χ1n) is 49.9. The average molecular weight is 2190 g/mol. The van der Waals surface area contributed by atoms with Gasteiger partial charge in [-0.25, -0.2) is 83.5 Å². The van der Waals surface area contributed by atoms with Crippen LogP contribution < -0.4 is 44.5 Å². The number of sulfone groups is 4. The lowest BCUT2D eigenvalue weighted by molar-refractivity contribution is -0.114. The first kappa shape index (κ1) is 105. The van der Waals surface area contributed by atoms with Crippen LogP contribution in [0.25, 0.3) is 64.8 Å². The molecule has 147 heavy (non-hydrogen) atoms. The van der Waals surface area contributed by atoms with Gasteiger partial charge in [0.1, 0.15) is 62.8 Å². The molecule has 0 spiro atoms. The Morgan fingerprint density at radius 3 is 0.966 bits per heavy atom. The van der Waals surface area contributed by atoms with Crippen LogP contribution in [0.3, 0.4) is 0 Å². The first-order chi connectivity index (χ1) is 70.9. The lowest BCUT2D eigenvalue weighted by atomic mass is 9.99. The van der Waals surface area contributed by atoms with E-state index in [0.717, 1.165) is 283 Å². The van der Waals surface area contributed by atoms with Crippen molar-refractivity contribution in [3.8, 4) is 21.1 Å². The number of hydrogen-bond donors (Lipinski definition) is 1. The van der Waals surface area contributed by atoms with Gasteiger partial charge in [0.25, 0.3) is 0 Å². The zero-order chi connectivity index (χ0) is 102. The molecule has 0 saturated carbocycles. The number of piperidine rings is 4. The Bertz CT molecular complexity index is 7570. The summed E-state index contributed by atoms with van der Waals surface area (Å²) in [6.45, 7) is 28.6. The largest absolute Gasteiger partial charge is 0.378 e. The summed E-state index contributed by atoms with van der Waals surface area (Å²) in [7, 11) is -13.9. The average Bonchev–Trinajstić information content (AvgIpc) is 1.76. The van der Waals surface area contributed by atoms with Crippen LogP contribution in [0.1, 0.15) is 86.1 Å². The highest BCUT2D eigenvalue weighted by molar-refractivity contribution is 7.94. The van der Waals surface area contributed by atoms with E-state index in [1.165, 1.54) is 40.9 Å². The summed E-state index contributed by atoms with van der Waals surface area (Å²) >= 11 is 17.5. The number of thiazole rings is 4. The third kappa shape index (κ3) is 25.1. The maximum atomic E-state index is 13.6. The second-order valence-electron chi connectivity index (χ2n) is 38.4. The number of morpholine rings is 4. The molecule has 1 N–H and O–H groups in total. The summed E-state index contributed by atoms with van der Waals surface area (Å²) in [4.78, 5) is 83.4. The molecule has 8 aliphatic rings. The van der Waals surface area contributed by atoms with Crippen molar-refractivity contribution in [2.45, 2.75) is 110 Å². The van der Waals surface area contributed by atoms with Crippen molar-refractivity contribution in [3.05, 3.63) is 184 Å². The number of benzene rings is 6. The molecule has 0 aliphatic carbocycles. The third-order valence-electron chi connectivity index (χ3n) is 27.6. The van der Waals surface area contributed by atoms with Gasteiger partial charge in [0, 0.05) is 167 Å². The highest BCUT2D eigenvalue weighted by atomic mass is 35.5. The van der Waals surface area contributed by atoms with Gasteiger partial charge in [-0.05, 0) is 206 Å². The highest BCUT2D eigenvalue weighted by Crippen LogP contribution is 2.43. The van der Waals surface area contributed by atoms with Crippen molar-refractivity contribution in [1.29, 1.82) is 0 Å². The minimum absolute atomic E-state index is 0.0111. The van der Waals surface area contributed by atoms with Crippen molar-refractivity contribution >= 4 is 209 Å². The van der Waals surface area contributed by atoms with E-state index >= 15 is 0 Å². The number of aromatic nitrogens is 12. The van der Waals surface area contributed by atoms with Crippen LogP contribution >= 0.6 is 68.5 Å². The molecule has 34 nitrogen and oxygen atoms in total. The second kappa shape index (κ2) is 46.4. The number of halogens is 2. The molecule has 44 heteroatoms. The van der Waals surface area contributed by atoms with Crippen LogP contribution in [0.2, 0.25) is 10.6 Å². The van der Waals surface area contributed by atoms with Crippen molar-refractivity contribution in [2.24, 2.45) is 23.7 Å². The summed E-state index contributed by atoms with van der Waals surface area (Å²) in [6.07, 6.45) is 10.2. The molecule has 4 atom stereocenters. The van der Waals surface area contributed by atoms with E-state index in [1.54, 1.807) is 40.3 Å². The second-order valence-corrected chi connectivity index (χ2v) is 52.2. The number of fused-ring (bicyclic) bond motifs is 4. The van der Waals surface area contributed by atoms with Gasteiger partial charge in [0.15, 0.2) is 44.5 Å². The molecule has 14 aromatic rings. The van der Waals surface area contributed by atoms with Gasteiger partial charge in [0.2, 0.25) is 16.5 Å². The standard InChI is InChI=1S/C28H30ClN5O3S2.C28H31N5O3S2.C24H30N6O4S2.C23H28ClN5O3S2/c1-19-27(38-26(30-19)21-7-3-2-4-8-21)39(35,36)18-20-6-5-11-34(17-20)25-23-10-9-22(33-12-14-37-15-13-33)16-24(23)31-28(29)32-25;1-20-28(37-27(31-20)22-7-3-2-4-8-22)38(34,35)18-21-6-5-11-33(17-21)26-24-10-9-23(16-25(24)29-19-30-26)32-12-14-36-15-13-32;1-16-23(35-24(27-16)28-17(2)31)36(32,33)14-18-4-3-7-30(13-18)22-20-6-5-19(12-21(20)25-15-26-22)29-8-10-34-11-9-29;1-15-22(33-16(2)25-15)34(30,31)14-17-4-3-7-29(13-17)21-19-6-5-18(28-8-10-32-11-9-28)12-20(19)26-23(24)27-21/h2-4,7-10,16,20H,5-6,11-15,17-18H2,1H3;2-4,7-10,16,19,21H,5-6,11-15,17-18H2,1H3;5-6,12,15,18H,3-4,7-11,13-14H2,1-2H3,(H,27,28,31);5-6,12,17H,3-4,7-11,13-14H2,1-2H3. The SMILES string of the molecule is CC(=O)Nc1nc(C)c(S(=O)(=O)CC2CCCN(c3ncnc4cc(N5CCOCC5)ccc34)C2)s1.Cc1nc(-c2ccccc2)sc1S(=O)(=O)CC1CCCN(c2nc(Cl)nc3cc(N4CCOCC4)ccc23)C1.Cc1nc(-c2ccccc2)sc1S(=O)(=O)CC1CCCN(c2ncnc3cc(N4CCOCC4)ccc23)C1.Cc1nc(C)c(S(=O)(=O)CC2CCCN(c3nc(Cl)nc4cc(N5CCOCC5)ccc34)C2)s1. The fraction of sp³-hybridized carbons (Fsp3) is 0.447. The molecule has 6 aromatic carbocycles. The molecular formula is C103H119Cl2N21O13S8. The van der Waals surface area contributed by atoms with Gasteiger partial charge in [0.05, 0.1) is 126 Å². The van der Waals surface area contributed by atoms with E-state index in [2.05, 4.69) is 177 Å².